The van der Waals surface area contributed by atoms with Gasteiger partial charge in [0.05, 0.1) is 19.3 Å². The van der Waals surface area contributed by atoms with Crippen LogP contribution >= 0.6 is 11.8 Å². The van der Waals surface area contributed by atoms with Crippen LogP contribution in [0, 0.1) is 0 Å². The SMILES string of the molecule is CC(=O)SCCC(O)C(O)c1ccc(C2OCCO2)cc1. The second kappa shape index (κ2) is 7.91. The van der Waals surface area contributed by atoms with Crippen molar-refractivity contribution in [2.24, 2.45) is 0 Å². The van der Waals surface area contributed by atoms with Crippen molar-refractivity contribution in [3.8, 4) is 0 Å². The first kappa shape index (κ1) is 16.5. The zero-order valence-corrected chi connectivity index (χ0v) is 12.7. The molecule has 0 spiro atoms. The highest BCUT2D eigenvalue weighted by Crippen LogP contribution is 2.26. The van der Waals surface area contributed by atoms with Gasteiger partial charge in [-0.25, -0.2) is 0 Å². The monoisotopic (exact) mass is 312 g/mol. The number of carbonyl (C=O) groups is 1. The summed E-state index contributed by atoms with van der Waals surface area (Å²) in [5, 5.41) is 20.1. The number of hydrogen-bond acceptors (Lipinski definition) is 6. The van der Waals surface area contributed by atoms with E-state index in [2.05, 4.69) is 0 Å². The Labute approximate surface area is 128 Å². The molecule has 1 fully saturated rings. The molecule has 1 aromatic rings. The van der Waals surface area contributed by atoms with E-state index in [9.17, 15) is 15.0 Å². The topological polar surface area (TPSA) is 76.0 Å². The quantitative estimate of drug-likeness (QED) is 0.834. The molecule has 1 heterocycles. The molecule has 2 unspecified atom stereocenters. The normalized spacial score (nSPS) is 18.6. The zero-order chi connectivity index (χ0) is 15.2. The molecule has 0 amide bonds. The van der Waals surface area contributed by atoms with E-state index < -0.39 is 12.2 Å². The molecule has 2 N–H and O–H groups in total. The molecule has 0 saturated carbocycles. The Kier molecular flexibility index (Phi) is 6.20. The maximum absolute atomic E-state index is 10.8. The molecule has 1 aliphatic heterocycles. The van der Waals surface area contributed by atoms with Crippen LogP contribution in [0.5, 0.6) is 0 Å². The van der Waals surface area contributed by atoms with E-state index in [0.717, 1.165) is 17.3 Å². The molecular weight excluding hydrogens is 292 g/mol. The van der Waals surface area contributed by atoms with Gasteiger partial charge in [-0.1, -0.05) is 36.0 Å². The summed E-state index contributed by atoms with van der Waals surface area (Å²) in [5.74, 6) is 0.495. The Balaban J connectivity index is 1.89. The molecule has 2 rings (SSSR count). The first-order chi connectivity index (χ1) is 10.1. The summed E-state index contributed by atoms with van der Waals surface area (Å²) in [6.45, 7) is 2.66. The summed E-state index contributed by atoms with van der Waals surface area (Å²) >= 11 is 1.15. The van der Waals surface area contributed by atoms with Crippen LogP contribution in [0.15, 0.2) is 24.3 Å². The fourth-order valence-electron chi connectivity index (χ4n) is 2.10. The van der Waals surface area contributed by atoms with Gasteiger partial charge in [0.15, 0.2) is 11.4 Å². The maximum atomic E-state index is 10.8. The number of benzene rings is 1. The Morgan fingerprint density at radius 3 is 2.48 bits per heavy atom. The lowest BCUT2D eigenvalue weighted by atomic mass is 10.0. The largest absolute Gasteiger partial charge is 0.390 e. The number of hydrogen-bond donors (Lipinski definition) is 2. The molecule has 0 bridgehead atoms. The van der Waals surface area contributed by atoms with Crippen molar-refractivity contribution in [2.45, 2.75) is 31.8 Å². The summed E-state index contributed by atoms with van der Waals surface area (Å²) in [4.78, 5) is 10.8. The molecular formula is C15H20O5S. The summed E-state index contributed by atoms with van der Waals surface area (Å²) in [6.07, 6.45) is -1.83. The van der Waals surface area contributed by atoms with Crippen LogP contribution in [0.3, 0.4) is 0 Å². The van der Waals surface area contributed by atoms with E-state index in [4.69, 9.17) is 9.47 Å². The molecule has 5 nitrogen and oxygen atoms in total. The highest BCUT2D eigenvalue weighted by Gasteiger charge is 2.21. The predicted molar refractivity (Wildman–Crippen MR) is 79.8 cm³/mol. The third-order valence-corrected chi connectivity index (χ3v) is 4.10. The van der Waals surface area contributed by atoms with Gasteiger partial charge in [-0.15, -0.1) is 0 Å². The maximum Gasteiger partial charge on any atom is 0.185 e. The molecule has 1 saturated heterocycles. The third-order valence-electron chi connectivity index (χ3n) is 3.26. The third kappa shape index (κ3) is 4.79. The minimum absolute atomic E-state index is 0.0117. The van der Waals surface area contributed by atoms with Crippen LogP contribution in [0.4, 0.5) is 0 Å². The highest BCUT2D eigenvalue weighted by atomic mass is 32.2. The van der Waals surface area contributed by atoms with Crippen molar-refractivity contribution < 1.29 is 24.5 Å². The molecule has 0 aromatic heterocycles. The fourth-order valence-corrected chi connectivity index (χ4v) is 2.75. The second-order valence-corrected chi connectivity index (χ2v) is 6.15. The number of rotatable bonds is 6. The zero-order valence-electron chi connectivity index (χ0n) is 11.9. The van der Waals surface area contributed by atoms with E-state index in [1.807, 2.05) is 12.1 Å². The molecule has 1 aromatic carbocycles. The molecule has 0 aliphatic carbocycles. The van der Waals surface area contributed by atoms with Crippen LogP contribution in [0.1, 0.15) is 36.9 Å². The Hall–Kier alpha value is -0.920. The fraction of sp³-hybridized carbons (Fsp3) is 0.533. The van der Waals surface area contributed by atoms with Crippen LogP contribution < -0.4 is 0 Å². The first-order valence-corrected chi connectivity index (χ1v) is 7.89. The van der Waals surface area contributed by atoms with Crippen LogP contribution in [-0.2, 0) is 14.3 Å². The molecule has 0 radical (unpaired) electrons. The van der Waals surface area contributed by atoms with E-state index >= 15 is 0 Å². The minimum atomic E-state index is -0.961. The van der Waals surface area contributed by atoms with Crippen LogP contribution in [0.25, 0.3) is 0 Å². The summed E-state index contributed by atoms with van der Waals surface area (Å²) in [6, 6.07) is 7.16. The molecule has 1 aliphatic rings. The summed E-state index contributed by atoms with van der Waals surface area (Å²) in [7, 11) is 0. The molecule has 116 valence electrons. The average molecular weight is 312 g/mol. The number of aliphatic hydroxyl groups excluding tert-OH is 2. The van der Waals surface area contributed by atoms with Gasteiger partial charge in [-0.2, -0.15) is 0 Å². The van der Waals surface area contributed by atoms with Gasteiger partial charge < -0.3 is 19.7 Å². The smallest absolute Gasteiger partial charge is 0.185 e. The van der Waals surface area contributed by atoms with Crippen LogP contribution in [0.2, 0.25) is 0 Å². The second-order valence-electron chi connectivity index (χ2n) is 4.88. The van der Waals surface area contributed by atoms with Crippen molar-refractivity contribution in [1.82, 2.24) is 0 Å². The van der Waals surface area contributed by atoms with Crippen molar-refractivity contribution in [3.63, 3.8) is 0 Å². The summed E-state index contributed by atoms with van der Waals surface area (Å²) in [5.41, 5.74) is 1.53. The van der Waals surface area contributed by atoms with Gasteiger partial charge in [0.25, 0.3) is 0 Å². The summed E-state index contributed by atoms with van der Waals surface area (Å²) < 4.78 is 10.8. The lowest BCUT2D eigenvalue weighted by Gasteiger charge is -2.18. The number of aliphatic hydroxyl groups is 2. The average Bonchev–Trinajstić information content (AvgIpc) is 3.00. The van der Waals surface area contributed by atoms with E-state index in [-0.39, 0.29) is 11.4 Å². The number of ether oxygens (including phenoxy) is 2. The van der Waals surface area contributed by atoms with Crippen molar-refractivity contribution in [3.05, 3.63) is 35.4 Å². The Morgan fingerprint density at radius 2 is 1.90 bits per heavy atom. The lowest BCUT2D eigenvalue weighted by molar-refractivity contribution is -0.109. The van der Waals surface area contributed by atoms with Crippen LogP contribution in [-0.4, -0.2) is 40.4 Å². The molecule has 21 heavy (non-hydrogen) atoms. The van der Waals surface area contributed by atoms with Gasteiger partial charge >= 0.3 is 0 Å². The number of thioether (sulfide) groups is 1. The molecule has 2 atom stereocenters. The molecule has 6 heteroatoms. The van der Waals surface area contributed by atoms with Gasteiger partial charge in [-0.05, 0) is 12.0 Å². The predicted octanol–water partition coefficient (Wildman–Crippen LogP) is 1.80. The van der Waals surface area contributed by atoms with Crippen molar-refractivity contribution in [1.29, 1.82) is 0 Å². The Morgan fingerprint density at radius 1 is 1.29 bits per heavy atom. The van der Waals surface area contributed by atoms with Gasteiger partial charge in [0, 0.05) is 18.2 Å². The van der Waals surface area contributed by atoms with Crippen molar-refractivity contribution >= 4 is 16.9 Å². The van der Waals surface area contributed by atoms with E-state index in [1.54, 1.807) is 12.1 Å². The highest BCUT2D eigenvalue weighted by molar-refractivity contribution is 8.13. The standard InChI is InChI=1S/C15H20O5S/c1-10(16)21-9-6-13(17)14(18)11-2-4-12(5-3-11)15-19-7-8-20-15/h2-5,13-15,17-18H,6-9H2,1H3. The Bertz CT molecular complexity index is 456. The van der Waals surface area contributed by atoms with Gasteiger partial charge in [0.2, 0.25) is 0 Å². The van der Waals surface area contributed by atoms with Crippen molar-refractivity contribution in [2.75, 3.05) is 19.0 Å². The lowest BCUT2D eigenvalue weighted by Crippen LogP contribution is -2.19. The van der Waals surface area contributed by atoms with Gasteiger partial charge in [-0.3, -0.25) is 4.79 Å². The van der Waals surface area contributed by atoms with Gasteiger partial charge in [0.1, 0.15) is 6.10 Å². The minimum Gasteiger partial charge on any atom is -0.390 e. The van der Waals surface area contributed by atoms with E-state index in [1.165, 1.54) is 6.92 Å². The first-order valence-electron chi connectivity index (χ1n) is 6.90. The van der Waals surface area contributed by atoms with E-state index in [0.29, 0.717) is 31.0 Å². The number of carbonyl (C=O) groups excluding carboxylic acids is 1.